The summed E-state index contributed by atoms with van der Waals surface area (Å²) in [5.41, 5.74) is 0. The normalized spacial score (nSPS) is 11.9. The van der Waals surface area contributed by atoms with Gasteiger partial charge in [0, 0.05) is 6.07 Å². The van der Waals surface area contributed by atoms with Crippen molar-refractivity contribution in [3.63, 3.8) is 0 Å². The van der Waals surface area contributed by atoms with Crippen molar-refractivity contribution in [3.8, 4) is 5.88 Å². The number of pyridine rings is 1. The summed E-state index contributed by atoms with van der Waals surface area (Å²) < 4.78 is 64.7. The Hall–Kier alpha value is -1.40. The van der Waals surface area contributed by atoms with Gasteiger partial charge in [-0.3, -0.25) is 0 Å². The van der Waals surface area contributed by atoms with E-state index in [1.807, 2.05) is 0 Å². The zero-order valence-corrected chi connectivity index (χ0v) is 7.26. The second-order valence-electron chi connectivity index (χ2n) is 2.65. The summed E-state index contributed by atoms with van der Waals surface area (Å²) in [5.74, 6) is -5.67. The number of ether oxygens (including phenoxy) is 1. The molecule has 15 heavy (non-hydrogen) atoms. The van der Waals surface area contributed by atoms with Gasteiger partial charge in [-0.15, -0.1) is 0 Å². The topological polar surface area (TPSA) is 22.1 Å². The molecular weight excluding hydrogens is 221 g/mol. The first-order valence-corrected chi connectivity index (χ1v) is 3.83. The Morgan fingerprint density at radius 3 is 2.53 bits per heavy atom. The predicted molar refractivity (Wildman–Crippen MR) is 40.6 cm³/mol. The molecule has 0 amide bonds. The molecule has 2 nitrogen and oxygen atoms in total. The van der Waals surface area contributed by atoms with Crippen molar-refractivity contribution < 1.29 is 26.7 Å². The fourth-order valence-electron chi connectivity index (χ4n) is 0.703. The number of nitrogens with zero attached hydrogens (tertiary/aromatic N) is 1. The van der Waals surface area contributed by atoms with Gasteiger partial charge in [0.15, 0.2) is 6.61 Å². The Labute approximate surface area is 81.7 Å². The lowest BCUT2D eigenvalue weighted by Gasteiger charge is -2.15. The summed E-state index contributed by atoms with van der Waals surface area (Å²) >= 11 is 0. The molecule has 0 saturated carbocycles. The predicted octanol–water partition coefficient (Wildman–Crippen LogP) is 2.50. The van der Waals surface area contributed by atoms with Gasteiger partial charge in [0.05, 0.1) is 0 Å². The molecule has 0 aliphatic heterocycles. The first kappa shape index (κ1) is 11.7. The molecule has 84 valence electrons. The molecule has 0 unspecified atom stereocenters. The maximum Gasteiger partial charge on any atom is 0.340 e. The van der Waals surface area contributed by atoms with Gasteiger partial charge >= 0.3 is 12.3 Å². The van der Waals surface area contributed by atoms with Crippen LogP contribution in [-0.2, 0) is 0 Å². The van der Waals surface area contributed by atoms with Crippen LogP contribution in [0.4, 0.5) is 22.0 Å². The van der Waals surface area contributed by atoms with E-state index in [-0.39, 0.29) is 0 Å². The van der Waals surface area contributed by atoms with E-state index in [2.05, 4.69) is 9.72 Å². The monoisotopic (exact) mass is 227 g/mol. The van der Waals surface area contributed by atoms with E-state index < -0.39 is 30.8 Å². The molecule has 0 radical (unpaired) electrons. The average molecular weight is 227 g/mol. The number of hydrogen-bond donors (Lipinski definition) is 0. The Bertz CT molecular complexity index is 331. The van der Waals surface area contributed by atoms with E-state index >= 15 is 0 Å². The van der Waals surface area contributed by atoms with Gasteiger partial charge in [0.1, 0.15) is 0 Å². The smallest absolute Gasteiger partial charge is 0.340 e. The van der Waals surface area contributed by atoms with E-state index in [0.29, 0.717) is 0 Å². The first-order valence-electron chi connectivity index (χ1n) is 3.83. The van der Waals surface area contributed by atoms with Crippen LogP contribution in [-0.4, -0.2) is 23.9 Å². The molecule has 0 fully saturated rings. The first-order chi connectivity index (χ1) is 6.92. The van der Waals surface area contributed by atoms with Crippen LogP contribution >= 0.6 is 0 Å². The Balaban J connectivity index is 2.57. The van der Waals surface area contributed by atoms with Crippen molar-refractivity contribution >= 4 is 0 Å². The maximum atomic E-state index is 12.4. The highest BCUT2D eigenvalue weighted by Crippen LogP contribution is 2.23. The van der Waals surface area contributed by atoms with Crippen molar-refractivity contribution in [2.45, 2.75) is 12.3 Å². The van der Waals surface area contributed by atoms with E-state index in [9.17, 15) is 22.0 Å². The highest BCUT2D eigenvalue weighted by atomic mass is 19.3. The van der Waals surface area contributed by atoms with Gasteiger partial charge in [0.25, 0.3) is 0 Å². The van der Waals surface area contributed by atoms with Crippen LogP contribution in [0.25, 0.3) is 0 Å². The van der Waals surface area contributed by atoms with Gasteiger partial charge in [-0.2, -0.15) is 18.2 Å². The van der Waals surface area contributed by atoms with Gasteiger partial charge < -0.3 is 4.74 Å². The van der Waals surface area contributed by atoms with Crippen LogP contribution < -0.4 is 4.74 Å². The van der Waals surface area contributed by atoms with E-state index in [1.165, 1.54) is 0 Å². The summed E-state index contributed by atoms with van der Waals surface area (Å²) in [4.78, 5) is 3.07. The average Bonchev–Trinajstić information content (AvgIpc) is 2.15. The minimum atomic E-state index is -4.27. The number of aromatic nitrogens is 1. The molecule has 0 N–H and O–H groups in total. The number of rotatable bonds is 4. The molecule has 0 atom stereocenters. The second-order valence-corrected chi connectivity index (χ2v) is 2.65. The molecule has 0 saturated heterocycles. The van der Waals surface area contributed by atoms with Gasteiger partial charge in [-0.25, -0.2) is 8.78 Å². The van der Waals surface area contributed by atoms with E-state index in [0.717, 1.165) is 18.2 Å². The molecule has 0 aromatic carbocycles. The summed E-state index contributed by atoms with van der Waals surface area (Å²) in [7, 11) is 0. The zero-order valence-electron chi connectivity index (χ0n) is 7.26. The second kappa shape index (κ2) is 4.41. The molecule has 1 aromatic rings. The van der Waals surface area contributed by atoms with Crippen LogP contribution in [0.2, 0.25) is 0 Å². The van der Waals surface area contributed by atoms with Gasteiger partial charge in [-0.1, -0.05) is 6.07 Å². The van der Waals surface area contributed by atoms with Gasteiger partial charge in [0.2, 0.25) is 11.8 Å². The van der Waals surface area contributed by atoms with Crippen LogP contribution in [0.15, 0.2) is 18.2 Å². The third-order valence-corrected chi connectivity index (χ3v) is 1.42. The molecule has 0 aliphatic carbocycles. The molecule has 7 heteroatoms. The fraction of sp³-hybridized carbons (Fsp3) is 0.375. The third kappa shape index (κ3) is 3.34. The molecule has 0 bridgehead atoms. The quantitative estimate of drug-likeness (QED) is 0.582. The zero-order chi connectivity index (χ0) is 11.5. The SMILES string of the molecule is Fc1cccc(OCC(F)(F)C(F)F)n1. The van der Waals surface area contributed by atoms with Crippen molar-refractivity contribution in [3.05, 3.63) is 24.1 Å². The summed E-state index contributed by atoms with van der Waals surface area (Å²) in [6.07, 6.45) is -3.83. The van der Waals surface area contributed by atoms with Crippen molar-refractivity contribution in [2.24, 2.45) is 0 Å². The minimum absolute atomic E-state index is 0.463. The highest BCUT2D eigenvalue weighted by molar-refractivity contribution is 5.10. The number of alkyl halides is 4. The van der Waals surface area contributed by atoms with Crippen LogP contribution in [0.5, 0.6) is 5.88 Å². The van der Waals surface area contributed by atoms with Crippen molar-refractivity contribution in [2.75, 3.05) is 6.61 Å². The highest BCUT2D eigenvalue weighted by Gasteiger charge is 2.41. The van der Waals surface area contributed by atoms with E-state index in [1.54, 1.807) is 0 Å². The largest absolute Gasteiger partial charge is 0.471 e. The van der Waals surface area contributed by atoms with Crippen molar-refractivity contribution in [1.82, 2.24) is 4.98 Å². The van der Waals surface area contributed by atoms with Crippen LogP contribution in [0, 0.1) is 5.95 Å². The maximum absolute atomic E-state index is 12.4. The number of halogens is 5. The minimum Gasteiger partial charge on any atom is -0.471 e. The standard InChI is InChI=1S/C8H6F5NO/c9-5-2-1-3-6(14-5)15-4-8(12,13)7(10)11/h1-3,7H,4H2. The fourth-order valence-corrected chi connectivity index (χ4v) is 0.703. The Morgan fingerprint density at radius 2 is 2.00 bits per heavy atom. The summed E-state index contributed by atoms with van der Waals surface area (Å²) in [6.45, 7) is -1.54. The molecule has 1 heterocycles. The molecule has 1 rings (SSSR count). The van der Waals surface area contributed by atoms with Crippen LogP contribution in [0.1, 0.15) is 0 Å². The van der Waals surface area contributed by atoms with Crippen molar-refractivity contribution in [1.29, 1.82) is 0 Å². The van der Waals surface area contributed by atoms with Crippen LogP contribution in [0.3, 0.4) is 0 Å². The summed E-state index contributed by atoms with van der Waals surface area (Å²) in [6, 6.07) is 3.22. The molecule has 0 aliphatic rings. The number of hydrogen-bond acceptors (Lipinski definition) is 2. The molecular formula is C8H6F5NO. The molecule has 1 aromatic heterocycles. The Morgan fingerprint density at radius 1 is 1.33 bits per heavy atom. The lowest BCUT2D eigenvalue weighted by molar-refractivity contribution is -0.148. The molecule has 0 spiro atoms. The van der Waals surface area contributed by atoms with E-state index in [4.69, 9.17) is 0 Å². The third-order valence-electron chi connectivity index (χ3n) is 1.42. The summed E-state index contributed by atoms with van der Waals surface area (Å²) in [5, 5.41) is 0. The lowest BCUT2D eigenvalue weighted by atomic mass is 10.4. The Kier molecular flexibility index (Phi) is 3.43. The lowest BCUT2D eigenvalue weighted by Crippen LogP contribution is -2.33. The van der Waals surface area contributed by atoms with Gasteiger partial charge in [-0.05, 0) is 6.07 Å².